The lowest BCUT2D eigenvalue weighted by Gasteiger charge is -2.19. The summed E-state index contributed by atoms with van der Waals surface area (Å²) in [6, 6.07) is 3.99. The predicted octanol–water partition coefficient (Wildman–Crippen LogP) is 3.93. The summed E-state index contributed by atoms with van der Waals surface area (Å²) < 4.78 is 1.07. The van der Waals surface area contributed by atoms with Crippen molar-refractivity contribution in [2.45, 2.75) is 39.0 Å². The minimum absolute atomic E-state index is 0.0738. The Morgan fingerprint density at radius 2 is 2.11 bits per heavy atom. The molecule has 1 heterocycles. The Hall–Kier alpha value is -0.680. The van der Waals surface area contributed by atoms with Gasteiger partial charge in [0.15, 0.2) is 0 Å². The van der Waals surface area contributed by atoms with Crippen LogP contribution in [-0.4, -0.2) is 11.6 Å². The molecule has 2 rings (SSSR count). The molecule has 3 nitrogen and oxygen atoms in total. The van der Waals surface area contributed by atoms with Gasteiger partial charge in [0.05, 0.1) is 14.4 Å². The summed E-state index contributed by atoms with van der Waals surface area (Å²) in [6.45, 7) is 1.92. The third kappa shape index (κ3) is 3.65. The van der Waals surface area contributed by atoms with Crippen molar-refractivity contribution < 1.29 is 4.79 Å². The standard InChI is InChI=1S/C13H17BrN2OS/c1-9(11-7-8-12(14)18-11)15-16-13(17)10-5-3-2-4-6-10/h7-8,10H,2-6H2,1H3,(H,16,17)/b15-9+. The van der Waals surface area contributed by atoms with Gasteiger partial charge < -0.3 is 0 Å². The van der Waals surface area contributed by atoms with Crippen LogP contribution in [0.25, 0.3) is 0 Å². The summed E-state index contributed by atoms with van der Waals surface area (Å²) in [4.78, 5) is 13.0. The van der Waals surface area contributed by atoms with Crippen LogP contribution in [0.5, 0.6) is 0 Å². The van der Waals surface area contributed by atoms with Crippen LogP contribution in [0.3, 0.4) is 0 Å². The molecule has 0 spiro atoms. The van der Waals surface area contributed by atoms with Gasteiger partial charge in [0, 0.05) is 5.92 Å². The van der Waals surface area contributed by atoms with Gasteiger partial charge in [0.1, 0.15) is 0 Å². The minimum Gasteiger partial charge on any atom is -0.273 e. The molecule has 5 heteroatoms. The van der Waals surface area contributed by atoms with Crippen LogP contribution < -0.4 is 5.43 Å². The maximum atomic E-state index is 11.9. The van der Waals surface area contributed by atoms with E-state index in [0.29, 0.717) is 0 Å². The van der Waals surface area contributed by atoms with Gasteiger partial charge in [0.25, 0.3) is 0 Å². The van der Waals surface area contributed by atoms with Crippen LogP contribution in [-0.2, 0) is 4.79 Å². The van der Waals surface area contributed by atoms with E-state index in [1.54, 1.807) is 11.3 Å². The Morgan fingerprint density at radius 1 is 1.39 bits per heavy atom. The highest BCUT2D eigenvalue weighted by Crippen LogP contribution is 2.24. The van der Waals surface area contributed by atoms with Gasteiger partial charge in [-0.25, -0.2) is 5.43 Å². The first-order valence-electron chi connectivity index (χ1n) is 6.26. The summed E-state index contributed by atoms with van der Waals surface area (Å²) >= 11 is 5.04. The monoisotopic (exact) mass is 328 g/mol. The van der Waals surface area contributed by atoms with Crippen molar-refractivity contribution in [1.82, 2.24) is 5.43 Å². The van der Waals surface area contributed by atoms with Crippen LogP contribution in [0.2, 0.25) is 0 Å². The second-order valence-corrected chi connectivity index (χ2v) is 7.07. The molecule has 1 aromatic heterocycles. The fourth-order valence-electron chi connectivity index (χ4n) is 2.16. The van der Waals surface area contributed by atoms with E-state index in [-0.39, 0.29) is 11.8 Å². The van der Waals surface area contributed by atoms with Crippen LogP contribution in [0.15, 0.2) is 21.0 Å². The second kappa shape index (κ2) is 6.48. The van der Waals surface area contributed by atoms with Crippen molar-refractivity contribution in [3.05, 3.63) is 20.8 Å². The molecule has 0 atom stereocenters. The highest BCUT2D eigenvalue weighted by Gasteiger charge is 2.20. The fourth-order valence-corrected chi connectivity index (χ4v) is 3.49. The number of amides is 1. The van der Waals surface area contributed by atoms with Gasteiger partial charge in [0.2, 0.25) is 5.91 Å². The summed E-state index contributed by atoms with van der Waals surface area (Å²) in [5.41, 5.74) is 3.56. The van der Waals surface area contributed by atoms with Gasteiger partial charge >= 0.3 is 0 Å². The number of carbonyl (C=O) groups is 1. The maximum absolute atomic E-state index is 11.9. The molecule has 0 saturated heterocycles. The summed E-state index contributed by atoms with van der Waals surface area (Å²) in [7, 11) is 0. The quantitative estimate of drug-likeness (QED) is 0.662. The summed E-state index contributed by atoms with van der Waals surface area (Å²) in [5, 5.41) is 4.19. The van der Waals surface area contributed by atoms with Crippen molar-refractivity contribution in [3.8, 4) is 0 Å². The van der Waals surface area contributed by atoms with Crippen molar-refractivity contribution in [3.63, 3.8) is 0 Å². The molecule has 1 saturated carbocycles. The molecule has 1 aliphatic rings. The first kappa shape index (κ1) is 13.7. The third-order valence-electron chi connectivity index (χ3n) is 3.24. The maximum Gasteiger partial charge on any atom is 0.243 e. The van der Waals surface area contributed by atoms with E-state index in [1.165, 1.54) is 19.3 Å². The Balaban J connectivity index is 1.91. The number of hydrogen-bond donors (Lipinski definition) is 1. The molecule has 0 bridgehead atoms. The van der Waals surface area contributed by atoms with E-state index in [2.05, 4.69) is 26.5 Å². The van der Waals surface area contributed by atoms with Crippen LogP contribution in [0.1, 0.15) is 43.9 Å². The number of carbonyl (C=O) groups excluding carboxylic acids is 1. The zero-order valence-corrected chi connectivity index (χ0v) is 12.8. The van der Waals surface area contributed by atoms with E-state index in [1.807, 2.05) is 19.1 Å². The van der Waals surface area contributed by atoms with E-state index < -0.39 is 0 Å². The minimum atomic E-state index is 0.0738. The van der Waals surface area contributed by atoms with Gasteiger partial charge in [-0.1, -0.05) is 19.3 Å². The van der Waals surface area contributed by atoms with E-state index in [0.717, 1.165) is 27.2 Å². The van der Waals surface area contributed by atoms with Crippen LogP contribution in [0, 0.1) is 5.92 Å². The molecule has 1 aromatic rings. The number of thiophene rings is 1. The normalized spacial score (nSPS) is 17.8. The molecule has 1 N–H and O–H groups in total. The second-order valence-electron chi connectivity index (χ2n) is 4.61. The topological polar surface area (TPSA) is 41.5 Å². The molecule has 0 unspecified atom stereocenters. The molecule has 98 valence electrons. The lowest BCUT2D eigenvalue weighted by atomic mass is 9.89. The summed E-state index contributed by atoms with van der Waals surface area (Å²) in [5.74, 6) is 0.232. The first-order valence-corrected chi connectivity index (χ1v) is 7.87. The average molecular weight is 329 g/mol. The van der Waals surface area contributed by atoms with Crippen molar-refractivity contribution in [2.24, 2.45) is 11.0 Å². The molecular weight excluding hydrogens is 312 g/mol. The Kier molecular flexibility index (Phi) is 4.95. The fraction of sp³-hybridized carbons (Fsp3) is 0.538. The largest absolute Gasteiger partial charge is 0.273 e. The lowest BCUT2D eigenvalue weighted by Crippen LogP contribution is -2.29. The van der Waals surface area contributed by atoms with Crippen LogP contribution in [0.4, 0.5) is 0 Å². The van der Waals surface area contributed by atoms with Gasteiger partial charge in [-0.3, -0.25) is 4.79 Å². The zero-order chi connectivity index (χ0) is 13.0. The molecule has 1 aliphatic carbocycles. The number of hydrogen-bond acceptors (Lipinski definition) is 3. The molecule has 0 radical (unpaired) electrons. The highest BCUT2D eigenvalue weighted by atomic mass is 79.9. The van der Waals surface area contributed by atoms with Gasteiger partial charge in [-0.2, -0.15) is 5.10 Å². The number of nitrogens with zero attached hydrogens (tertiary/aromatic N) is 1. The Bertz CT molecular complexity index is 450. The zero-order valence-electron chi connectivity index (χ0n) is 10.4. The molecular formula is C13H17BrN2OS. The Labute approximate surface area is 120 Å². The number of rotatable bonds is 3. The van der Waals surface area contributed by atoms with Crippen LogP contribution >= 0.6 is 27.3 Å². The third-order valence-corrected chi connectivity index (χ3v) is 4.97. The SMILES string of the molecule is C/C(=N\NC(=O)C1CCCCC1)c1ccc(Br)s1. The number of nitrogens with one attached hydrogen (secondary N) is 1. The van der Waals surface area contributed by atoms with E-state index >= 15 is 0 Å². The van der Waals surface area contributed by atoms with Crippen molar-refractivity contribution >= 4 is 38.9 Å². The van der Waals surface area contributed by atoms with Crippen molar-refractivity contribution in [1.29, 1.82) is 0 Å². The predicted molar refractivity (Wildman–Crippen MR) is 78.9 cm³/mol. The summed E-state index contributed by atoms with van der Waals surface area (Å²) in [6.07, 6.45) is 5.60. The number of halogens is 1. The van der Waals surface area contributed by atoms with Gasteiger partial charge in [-0.15, -0.1) is 11.3 Å². The molecule has 1 amide bonds. The van der Waals surface area contributed by atoms with E-state index in [4.69, 9.17) is 0 Å². The molecule has 0 aromatic carbocycles. The smallest absolute Gasteiger partial charge is 0.243 e. The number of hydrazone groups is 1. The first-order chi connectivity index (χ1) is 8.66. The van der Waals surface area contributed by atoms with E-state index in [9.17, 15) is 4.79 Å². The van der Waals surface area contributed by atoms with Gasteiger partial charge in [-0.05, 0) is 47.8 Å². The average Bonchev–Trinajstić information content (AvgIpc) is 2.83. The Morgan fingerprint density at radius 3 is 2.72 bits per heavy atom. The lowest BCUT2D eigenvalue weighted by molar-refractivity contribution is -0.125. The molecule has 0 aliphatic heterocycles. The van der Waals surface area contributed by atoms with Crippen molar-refractivity contribution in [2.75, 3.05) is 0 Å². The molecule has 1 fully saturated rings. The molecule has 18 heavy (non-hydrogen) atoms. The highest BCUT2D eigenvalue weighted by molar-refractivity contribution is 9.11.